The third-order valence-electron chi connectivity index (χ3n) is 5.53. The van der Waals surface area contributed by atoms with Crippen molar-refractivity contribution in [2.45, 2.75) is 38.1 Å². The van der Waals surface area contributed by atoms with Crippen LogP contribution < -0.4 is 10.2 Å². The van der Waals surface area contributed by atoms with E-state index in [0.717, 1.165) is 38.1 Å². The van der Waals surface area contributed by atoms with Crippen LogP contribution in [0.25, 0.3) is 0 Å². The van der Waals surface area contributed by atoms with Gasteiger partial charge in [-0.3, -0.25) is 14.4 Å². The summed E-state index contributed by atoms with van der Waals surface area (Å²) >= 11 is 1.64. The zero-order valence-electron chi connectivity index (χ0n) is 16.7. The lowest BCUT2D eigenvalue weighted by Crippen LogP contribution is -2.51. The van der Waals surface area contributed by atoms with Gasteiger partial charge in [-0.15, -0.1) is 0 Å². The van der Waals surface area contributed by atoms with Crippen molar-refractivity contribution in [3.8, 4) is 0 Å². The zero-order valence-corrected chi connectivity index (χ0v) is 17.5. The van der Waals surface area contributed by atoms with Crippen LogP contribution in [0.15, 0.2) is 24.3 Å². The number of likely N-dealkylation sites (tertiary alicyclic amines) is 1. The van der Waals surface area contributed by atoms with Crippen molar-refractivity contribution in [3.05, 3.63) is 30.1 Å². The monoisotopic (exact) mass is 421 g/mol. The third-order valence-corrected chi connectivity index (χ3v) is 6.17. The lowest BCUT2D eigenvalue weighted by molar-refractivity contribution is -0.138. The van der Waals surface area contributed by atoms with Crippen molar-refractivity contribution in [1.29, 1.82) is 0 Å². The molecule has 2 saturated heterocycles. The van der Waals surface area contributed by atoms with Crippen LogP contribution in [-0.2, 0) is 14.4 Å². The van der Waals surface area contributed by atoms with Crippen molar-refractivity contribution in [1.82, 2.24) is 10.2 Å². The molecule has 3 rings (SSSR count). The van der Waals surface area contributed by atoms with E-state index in [0.29, 0.717) is 12.1 Å². The van der Waals surface area contributed by atoms with Gasteiger partial charge in [0.25, 0.3) is 0 Å². The number of rotatable bonds is 7. The van der Waals surface area contributed by atoms with Gasteiger partial charge in [0, 0.05) is 31.7 Å². The molecule has 2 fully saturated rings. The predicted molar refractivity (Wildman–Crippen MR) is 112 cm³/mol. The molecule has 6 nitrogen and oxygen atoms in total. The standard InChI is InChI=1S/C21H28FN3O3S/c1-29-12-9-18(21(28)24-10-3-2-4-11-24)23-20(27)15-13-19(26)25(14-15)17-7-5-16(22)6-8-17/h5-8,15,18H,2-4,9-14H2,1H3,(H,23,27). The maximum atomic E-state index is 13.1. The number of thioether (sulfide) groups is 1. The summed E-state index contributed by atoms with van der Waals surface area (Å²) in [5.41, 5.74) is 0.579. The molecular formula is C21H28FN3O3S. The second-order valence-electron chi connectivity index (χ2n) is 7.61. The Morgan fingerprint density at radius 2 is 1.90 bits per heavy atom. The van der Waals surface area contributed by atoms with E-state index >= 15 is 0 Å². The largest absolute Gasteiger partial charge is 0.344 e. The van der Waals surface area contributed by atoms with E-state index in [1.807, 2.05) is 11.2 Å². The predicted octanol–water partition coefficient (Wildman–Crippen LogP) is 2.43. The first-order valence-electron chi connectivity index (χ1n) is 10.1. The Morgan fingerprint density at radius 1 is 1.21 bits per heavy atom. The van der Waals surface area contributed by atoms with Gasteiger partial charge >= 0.3 is 0 Å². The van der Waals surface area contributed by atoms with Crippen molar-refractivity contribution in [3.63, 3.8) is 0 Å². The topological polar surface area (TPSA) is 69.7 Å². The molecule has 0 bridgehead atoms. The smallest absolute Gasteiger partial charge is 0.245 e. The number of carbonyl (C=O) groups excluding carboxylic acids is 3. The van der Waals surface area contributed by atoms with Crippen LogP contribution >= 0.6 is 11.8 Å². The fourth-order valence-corrected chi connectivity index (χ4v) is 4.34. The van der Waals surface area contributed by atoms with Crippen LogP contribution in [0.5, 0.6) is 0 Å². The first-order valence-corrected chi connectivity index (χ1v) is 11.5. The number of nitrogens with one attached hydrogen (secondary N) is 1. The summed E-state index contributed by atoms with van der Waals surface area (Å²) in [6, 6.07) is 5.11. The van der Waals surface area contributed by atoms with Crippen LogP contribution in [0.3, 0.4) is 0 Å². The van der Waals surface area contributed by atoms with Crippen LogP contribution in [0.4, 0.5) is 10.1 Å². The number of piperidine rings is 1. The summed E-state index contributed by atoms with van der Waals surface area (Å²) < 4.78 is 13.1. The van der Waals surface area contributed by atoms with Gasteiger partial charge < -0.3 is 15.1 Å². The number of hydrogen-bond acceptors (Lipinski definition) is 4. The minimum Gasteiger partial charge on any atom is -0.344 e. The SMILES string of the molecule is CSCCC(NC(=O)C1CC(=O)N(c2ccc(F)cc2)C1)C(=O)N1CCCCC1. The first kappa shape index (κ1) is 21.6. The molecule has 2 heterocycles. The molecule has 2 aliphatic heterocycles. The van der Waals surface area contributed by atoms with E-state index in [4.69, 9.17) is 0 Å². The average Bonchev–Trinajstić information content (AvgIpc) is 3.13. The Bertz CT molecular complexity index is 737. The highest BCUT2D eigenvalue weighted by molar-refractivity contribution is 7.98. The molecule has 3 amide bonds. The molecular weight excluding hydrogens is 393 g/mol. The van der Waals surface area contributed by atoms with Gasteiger partial charge in [-0.2, -0.15) is 11.8 Å². The summed E-state index contributed by atoms with van der Waals surface area (Å²) in [5, 5.41) is 2.91. The van der Waals surface area contributed by atoms with Crippen LogP contribution in [-0.4, -0.2) is 60.3 Å². The van der Waals surface area contributed by atoms with E-state index in [1.54, 1.807) is 11.8 Å². The van der Waals surface area contributed by atoms with Gasteiger partial charge in [0.1, 0.15) is 11.9 Å². The molecule has 0 saturated carbocycles. The summed E-state index contributed by atoms with van der Waals surface area (Å²) in [6.45, 7) is 1.72. The number of nitrogens with zero attached hydrogens (tertiary/aromatic N) is 2. The molecule has 29 heavy (non-hydrogen) atoms. The molecule has 1 aromatic carbocycles. The molecule has 0 radical (unpaired) electrons. The van der Waals surface area contributed by atoms with Crippen molar-refractivity contribution >= 4 is 35.2 Å². The van der Waals surface area contributed by atoms with Gasteiger partial charge in [0.2, 0.25) is 17.7 Å². The number of carbonyl (C=O) groups is 3. The van der Waals surface area contributed by atoms with Crippen molar-refractivity contribution in [2.75, 3.05) is 36.5 Å². The zero-order chi connectivity index (χ0) is 20.8. The van der Waals surface area contributed by atoms with Crippen molar-refractivity contribution < 1.29 is 18.8 Å². The van der Waals surface area contributed by atoms with E-state index in [-0.39, 0.29) is 36.5 Å². The van der Waals surface area contributed by atoms with Gasteiger partial charge in [-0.25, -0.2) is 4.39 Å². The number of benzene rings is 1. The molecule has 2 unspecified atom stereocenters. The highest BCUT2D eigenvalue weighted by atomic mass is 32.2. The fraction of sp³-hybridized carbons (Fsp3) is 0.571. The Hall–Kier alpha value is -2.09. The number of amides is 3. The summed E-state index contributed by atoms with van der Waals surface area (Å²) in [6.07, 6.45) is 5.77. The molecule has 2 atom stereocenters. The fourth-order valence-electron chi connectivity index (χ4n) is 3.87. The van der Waals surface area contributed by atoms with Crippen LogP contribution in [0.2, 0.25) is 0 Å². The molecule has 1 aromatic rings. The summed E-state index contributed by atoms with van der Waals surface area (Å²) in [5.74, 6) is -0.567. The van der Waals surface area contributed by atoms with E-state index in [1.165, 1.54) is 29.2 Å². The molecule has 0 aliphatic carbocycles. The quantitative estimate of drug-likeness (QED) is 0.734. The Kier molecular flexibility index (Phi) is 7.52. The van der Waals surface area contributed by atoms with Crippen LogP contribution in [0.1, 0.15) is 32.1 Å². The van der Waals surface area contributed by atoms with E-state index in [2.05, 4.69) is 5.32 Å². The Balaban J connectivity index is 1.63. The van der Waals surface area contributed by atoms with E-state index in [9.17, 15) is 18.8 Å². The second kappa shape index (κ2) is 10.1. The minimum atomic E-state index is -0.553. The van der Waals surface area contributed by atoms with Crippen molar-refractivity contribution in [2.24, 2.45) is 5.92 Å². The lowest BCUT2D eigenvalue weighted by Gasteiger charge is -2.31. The maximum absolute atomic E-state index is 13.1. The molecule has 0 aromatic heterocycles. The highest BCUT2D eigenvalue weighted by Crippen LogP contribution is 2.25. The molecule has 158 valence electrons. The lowest BCUT2D eigenvalue weighted by atomic mass is 10.1. The molecule has 0 spiro atoms. The normalized spacial score (nSPS) is 20.6. The maximum Gasteiger partial charge on any atom is 0.245 e. The van der Waals surface area contributed by atoms with E-state index < -0.39 is 12.0 Å². The number of halogens is 1. The van der Waals surface area contributed by atoms with Gasteiger partial charge in [0.05, 0.1) is 5.92 Å². The van der Waals surface area contributed by atoms with Crippen LogP contribution in [0, 0.1) is 11.7 Å². The second-order valence-corrected chi connectivity index (χ2v) is 8.60. The molecule has 8 heteroatoms. The van der Waals surface area contributed by atoms with Gasteiger partial charge in [0.15, 0.2) is 0 Å². The summed E-state index contributed by atoms with van der Waals surface area (Å²) in [4.78, 5) is 41.5. The highest BCUT2D eigenvalue weighted by Gasteiger charge is 2.37. The summed E-state index contributed by atoms with van der Waals surface area (Å²) in [7, 11) is 0. The Labute approximate surface area is 175 Å². The van der Waals surface area contributed by atoms with Gasteiger partial charge in [-0.1, -0.05) is 0 Å². The number of anilines is 1. The average molecular weight is 422 g/mol. The van der Waals surface area contributed by atoms with Gasteiger partial charge in [-0.05, 0) is 62.0 Å². The molecule has 1 N–H and O–H groups in total. The number of hydrogen-bond donors (Lipinski definition) is 1. The Morgan fingerprint density at radius 3 is 2.55 bits per heavy atom. The molecule has 2 aliphatic rings. The third kappa shape index (κ3) is 5.50. The first-order chi connectivity index (χ1) is 14.0. The minimum absolute atomic E-state index is 0.0215.